The fourth-order valence-corrected chi connectivity index (χ4v) is 1.77. The maximum absolute atomic E-state index is 11.7. The largest absolute Gasteiger partial charge is 0.480 e. The Morgan fingerprint density at radius 3 is 2.36 bits per heavy atom. The van der Waals surface area contributed by atoms with E-state index in [9.17, 15) is 14.7 Å². The van der Waals surface area contributed by atoms with Gasteiger partial charge >= 0.3 is 12.1 Å². The van der Waals surface area contributed by atoms with Crippen LogP contribution in [0.1, 0.15) is 38.0 Å². The van der Waals surface area contributed by atoms with Gasteiger partial charge in [0.2, 0.25) is 0 Å². The molecule has 22 heavy (non-hydrogen) atoms. The first-order chi connectivity index (χ1) is 10.0. The van der Waals surface area contributed by atoms with Crippen LogP contribution in [0.25, 0.3) is 0 Å². The second kappa shape index (κ2) is 6.76. The number of carbonyl (C=O) groups excluding carboxylic acids is 1. The summed E-state index contributed by atoms with van der Waals surface area (Å²) in [5, 5.41) is 21.3. The number of rotatable bonds is 4. The predicted octanol–water partition coefficient (Wildman–Crippen LogP) is 1.79. The number of amides is 1. The van der Waals surface area contributed by atoms with Gasteiger partial charge in [-0.2, -0.15) is 0 Å². The average Bonchev–Trinajstić information content (AvgIpc) is 2.37. The van der Waals surface area contributed by atoms with Crippen molar-refractivity contribution in [3.63, 3.8) is 0 Å². The number of carboxylic acid groups (broad SMARTS) is 1. The summed E-state index contributed by atoms with van der Waals surface area (Å²) in [7, 11) is 0. The van der Waals surface area contributed by atoms with Crippen molar-refractivity contribution in [2.45, 2.75) is 45.4 Å². The fourth-order valence-electron chi connectivity index (χ4n) is 1.77. The molecule has 0 radical (unpaired) electrons. The van der Waals surface area contributed by atoms with E-state index in [0.717, 1.165) is 0 Å². The smallest absolute Gasteiger partial charge is 0.412 e. The van der Waals surface area contributed by atoms with E-state index in [1.165, 1.54) is 6.07 Å². The minimum absolute atomic E-state index is 0.363. The number of aliphatic carboxylic acids is 1. The summed E-state index contributed by atoms with van der Waals surface area (Å²) in [4.78, 5) is 22.5. The Labute approximate surface area is 129 Å². The van der Waals surface area contributed by atoms with Crippen LogP contribution >= 0.6 is 0 Å². The summed E-state index contributed by atoms with van der Waals surface area (Å²) < 4.78 is 5.15. The highest BCUT2D eigenvalue weighted by Gasteiger charge is 2.24. The Hall–Kier alpha value is -2.12. The second-order valence-electron chi connectivity index (χ2n) is 6.01. The number of aliphatic hydroxyl groups excluding tert-OH is 1. The highest BCUT2D eigenvalue weighted by molar-refractivity contribution is 5.86. The Kier molecular flexibility index (Phi) is 5.51. The maximum Gasteiger partial charge on any atom is 0.412 e. The van der Waals surface area contributed by atoms with Gasteiger partial charge in [0.1, 0.15) is 17.7 Å². The van der Waals surface area contributed by atoms with Gasteiger partial charge < -0.3 is 20.7 Å². The molecule has 122 valence electrons. The van der Waals surface area contributed by atoms with Gasteiger partial charge in [0.05, 0.1) is 0 Å². The first-order valence-electron chi connectivity index (χ1n) is 6.78. The van der Waals surface area contributed by atoms with Crippen molar-refractivity contribution in [2.24, 2.45) is 5.73 Å². The van der Waals surface area contributed by atoms with Crippen molar-refractivity contribution >= 4 is 17.7 Å². The average molecular weight is 310 g/mol. The Morgan fingerprint density at radius 2 is 1.91 bits per heavy atom. The number of hydrogen-bond donors (Lipinski definition) is 4. The minimum atomic E-state index is -1.41. The fraction of sp³-hybridized carbons (Fsp3) is 0.467. The third-order valence-electron chi connectivity index (χ3n) is 2.85. The van der Waals surface area contributed by atoms with Crippen LogP contribution in [0.2, 0.25) is 0 Å². The summed E-state index contributed by atoms with van der Waals surface area (Å²) in [5.74, 6) is -1.29. The van der Waals surface area contributed by atoms with E-state index in [-0.39, 0.29) is 0 Å². The number of anilines is 1. The first kappa shape index (κ1) is 17.9. The normalized spacial score (nSPS) is 14.1. The van der Waals surface area contributed by atoms with E-state index >= 15 is 0 Å². The van der Waals surface area contributed by atoms with Crippen LogP contribution in [0.3, 0.4) is 0 Å². The van der Waals surface area contributed by atoms with Gasteiger partial charge in [-0.1, -0.05) is 12.1 Å². The molecular weight excluding hydrogens is 288 g/mol. The van der Waals surface area contributed by atoms with Crippen LogP contribution in [0.5, 0.6) is 0 Å². The predicted molar refractivity (Wildman–Crippen MR) is 81.6 cm³/mol. The summed E-state index contributed by atoms with van der Waals surface area (Å²) >= 11 is 0. The molecule has 1 aromatic rings. The van der Waals surface area contributed by atoms with Crippen LogP contribution in [-0.4, -0.2) is 33.9 Å². The Balaban J connectivity index is 2.86. The molecule has 1 aromatic carbocycles. The van der Waals surface area contributed by atoms with Crippen molar-refractivity contribution in [1.29, 1.82) is 0 Å². The first-order valence-corrected chi connectivity index (χ1v) is 6.78. The van der Waals surface area contributed by atoms with Gasteiger partial charge in [-0.3, -0.25) is 10.1 Å². The van der Waals surface area contributed by atoms with Crippen molar-refractivity contribution < 1.29 is 24.5 Å². The van der Waals surface area contributed by atoms with E-state index in [1.54, 1.807) is 39.8 Å². The second-order valence-corrected chi connectivity index (χ2v) is 6.01. The minimum Gasteiger partial charge on any atom is -0.480 e. The van der Waals surface area contributed by atoms with Crippen LogP contribution in [0.4, 0.5) is 10.5 Å². The Morgan fingerprint density at radius 1 is 1.32 bits per heavy atom. The molecule has 0 saturated carbocycles. The highest BCUT2D eigenvalue weighted by atomic mass is 16.6. The number of nitrogens with two attached hydrogens (primary N) is 1. The van der Waals surface area contributed by atoms with E-state index < -0.39 is 29.8 Å². The van der Waals surface area contributed by atoms with Crippen LogP contribution in [0, 0.1) is 6.92 Å². The third-order valence-corrected chi connectivity index (χ3v) is 2.85. The number of hydrogen-bond acceptors (Lipinski definition) is 5. The van der Waals surface area contributed by atoms with Crippen LogP contribution < -0.4 is 11.1 Å². The standard InChI is InChI=1S/C15H22N2O5/c1-8-7-9(12(18)11(16)13(19)20)5-6-10(8)17-14(21)22-15(2,3)4/h5-7,11-12,18H,16H2,1-4H3,(H,17,21)(H,19,20). The molecule has 0 bridgehead atoms. The van der Waals surface area contributed by atoms with Crippen molar-refractivity contribution in [2.75, 3.05) is 5.32 Å². The lowest BCUT2D eigenvalue weighted by atomic mass is 10.0. The van der Waals surface area contributed by atoms with Gasteiger partial charge in [0.15, 0.2) is 0 Å². The lowest BCUT2D eigenvalue weighted by Gasteiger charge is -2.21. The van der Waals surface area contributed by atoms with Gasteiger partial charge in [-0.25, -0.2) is 4.79 Å². The number of nitrogens with one attached hydrogen (secondary N) is 1. The number of carboxylic acids is 1. The molecule has 7 heteroatoms. The molecule has 0 aromatic heterocycles. The van der Waals surface area contributed by atoms with E-state index in [2.05, 4.69) is 5.32 Å². The van der Waals surface area contributed by atoms with E-state index in [1.807, 2.05) is 0 Å². The number of benzene rings is 1. The maximum atomic E-state index is 11.7. The highest BCUT2D eigenvalue weighted by Crippen LogP contribution is 2.23. The number of ether oxygens (including phenoxy) is 1. The molecule has 0 aliphatic carbocycles. The molecular formula is C15H22N2O5. The summed E-state index contributed by atoms with van der Waals surface area (Å²) in [6, 6.07) is 3.23. The zero-order chi connectivity index (χ0) is 17.1. The third kappa shape index (κ3) is 5.01. The number of aliphatic hydroxyl groups is 1. The van der Waals surface area contributed by atoms with E-state index in [0.29, 0.717) is 16.8 Å². The molecule has 0 aliphatic rings. The zero-order valence-corrected chi connectivity index (χ0v) is 13.1. The van der Waals surface area contributed by atoms with Crippen molar-refractivity contribution in [1.82, 2.24) is 0 Å². The van der Waals surface area contributed by atoms with E-state index in [4.69, 9.17) is 15.6 Å². The van der Waals surface area contributed by atoms with Crippen molar-refractivity contribution in [3.05, 3.63) is 29.3 Å². The molecule has 7 nitrogen and oxygen atoms in total. The summed E-state index contributed by atoms with van der Waals surface area (Å²) in [6.45, 7) is 6.99. The lowest BCUT2D eigenvalue weighted by Crippen LogP contribution is -2.36. The van der Waals surface area contributed by atoms with Crippen LogP contribution in [0.15, 0.2) is 18.2 Å². The molecule has 2 unspecified atom stereocenters. The summed E-state index contributed by atoms with van der Waals surface area (Å²) in [5.41, 5.74) is 6.31. The number of carbonyl (C=O) groups is 2. The van der Waals surface area contributed by atoms with Gasteiger partial charge in [0, 0.05) is 5.69 Å². The monoisotopic (exact) mass is 310 g/mol. The van der Waals surface area contributed by atoms with Gasteiger partial charge in [-0.05, 0) is 44.9 Å². The molecule has 0 aliphatic heterocycles. The molecule has 0 fully saturated rings. The molecule has 0 heterocycles. The molecule has 5 N–H and O–H groups in total. The molecule has 0 spiro atoms. The molecule has 2 atom stereocenters. The molecule has 1 rings (SSSR count). The summed E-state index contributed by atoms with van der Waals surface area (Å²) in [6.07, 6.45) is -1.92. The lowest BCUT2D eigenvalue weighted by molar-refractivity contribution is -0.141. The SMILES string of the molecule is Cc1cc(C(O)C(N)C(=O)O)ccc1NC(=O)OC(C)(C)C. The zero-order valence-electron chi connectivity index (χ0n) is 13.1. The van der Waals surface area contributed by atoms with Gasteiger partial charge in [-0.15, -0.1) is 0 Å². The molecule has 1 amide bonds. The topological polar surface area (TPSA) is 122 Å². The quantitative estimate of drug-likeness (QED) is 0.672. The van der Waals surface area contributed by atoms with Gasteiger partial charge in [0.25, 0.3) is 0 Å². The van der Waals surface area contributed by atoms with Crippen molar-refractivity contribution in [3.8, 4) is 0 Å². The number of aryl methyl sites for hydroxylation is 1. The Bertz CT molecular complexity index is 566. The molecule has 0 saturated heterocycles. The van der Waals surface area contributed by atoms with Crippen LogP contribution in [-0.2, 0) is 9.53 Å².